The molecule has 0 aromatic heterocycles. The maximum atomic E-state index is 13.9. The SMILES string of the molecule is Cc1cccc(C(=O)NC2(CC(=O)O)CCCC2)c1F. The lowest BCUT2D eigenvalue weighted by molar-refractivity contribution is -0.138. The molecule has 0 unspecified atom stereocenters. The van der Waals surface area contributed by atoms with Gasteiger partial charge in [-0.1, -0.05) is 25.0 Å². The number of halogens is 1. The van der Waals surface area contributed by atoms with E-state index in [1.807, 2.05) is 0 Å². The lowest BCUT2D eigenvalue weighted by atomic mass is 9.92. The fourth-order valence-electron chi connectivity index (χ4n) is 2.82. The number of nitrogens with one attached hydrogen (secondary N) is 1. The van der Waals surface area contributed by atoms with Gasteiger partial charge in [0.25, 0.3) is 5.91 Å². The van der Waals surface area contributed by atoms with Crippen molar-refractivity contribution < 1.29 is 19.1 Å². The Morgan fingerprint density at radius 3 is 2.60 bits per heavy atom. The highest BCUT2D eigenvalue weighted by Crippen LogP contribution is 2.33. The van der Waals surface area contributed by atoms with Crippen molar-refractivity contribution in [3.63, 3.8) is 0 Å². The van der Waals surface area contributed by atoms with Crippen molar-refractivity contribution in [3.05, 3.63) is 35.1 Å². The minimum absolute atomic E-state index is 0.0262. The molecule has 1 aliphatic rings. The van der Waals surface area contributed by atoms with E-state index in [9.17, 15) is 14.0 Å². The summed E-state index contributed by atoms with van der Waals surface area (Å²) in [6, 6.07) is 4.63. The Labute approximate surface area is 117 Å². The first-order chi connectivity index (χ1) is 9.43. The third-order valence-corrected chi connectivity index (χ3v) is 3.87. The highest BCUT2D eigenvalue weighted by atomic mass is 19.1. The Bertz CT molecular complexity index is 536. The van der Waals surface area contributed by atoms with Gasteiger partial charge in [0.1, 0.15) is 5.82 Å². The van der Waals surface area contributed by atoms with Crippen LogP contribution in [0.4, 0.5) is 4.39 Å². The van der Waals surface area contributed by atoms with Crippen LogP contribution in [0.3, 0.4) is 0 Å². The summed E-state index contributed by atoms with van der Waals surface area (Å²) in [6.07, 6.45) is 2.89. The Balaban J connectivity index is 2.20. The van der Waals surface area contributed by atoms with Crippen molar-refractivity contribution in [2.24, 2.45) is 0 Å². The monoisotopic (exact) mass is 279 g/mol. The Morgan fingerprint density at radius 2 is 2.00 bits per heavy atom. The smallest absolute Gasteiger partial charge is 0.305 e. The molecule has 20 heavy (non-hydrogen) atoms. The number of aryl methyl sites for hydroxylation is 1. The molecule has 0 saturated heterocycles. The van der Waals surface area contributed by atoms with Crippen LogP contribution in [0.2, 0.25) is 0 Å². The fraction of sp³-hybridized carbons (Fsp3) is 0.467. The van der Waals surface area contributed by atoms with Gasteiger partial charge in [-0.2, -0.15) is 0 Å². The van der Waals surface area contributed by atoms with Crippen LogP contribution >= 0.6 is 0 Å². The Morgan fingerprint density at radius 1 is 1.35 bits per heavy atom. The number of carboxylic acids is 1. The number of benzene rings is 1. The molecule has 2 rings (SSSR count). The zero-order valence-corrected chi connectivity index (χ0v) is 11.4. The maximum absolute atomic E-state index is 13.9. The first kappa shape index (κ1) is 14.5. The average molecular weight is 279 g/mol. The predicted octanol–water partition coefficient (Wildman–Crippen LogP) is 2.65. The van der Waals surface area contributed by atoms with Crippen LogP contribution in [0, 0.1) is 12.7 Å². The van der Waals surface area contributed by atoms with Gasteiger partial charge < -0.3 is 10.4 Å². The van der Waals surface area contributed by atoms with Gasteiger partial charge in [-0.3, -0.25) is 9.59 Å². The van der Waals surface area contributed by atoms with Gasteiger partial charge in [0.05, 0.1) is 17.5 Å². The lowest BCUT2D eigenvalue weighted by Gasteiger charge is -2.28. The largest absolute Gasteiger partial charge is 0.481 e. The van der Waals surface area contributed by atoms with Gasteiger partial charge in [-0.15, -0.1) is 0 Å². The van der Waals surface area contributed by atoms with Gasteiger partial charge in [0.15, 0.2) is 0 Å². The minimum Gasteiger partial charge on any atom is -0.481 e. The number of hydrogen-bond acceptors (Lipinski definition) is 2. The molecule has 1 aromatic carbocycles. The lowest BCUT2D eigenvalue weighted by Crippen LogP contribution is -2.48. The van der Waals surface area contributed by atoms with Gasteiger partial charge in [0, 0.05) is 0 Å². The summed E-state index contributed by atoms with van der Waals surface area (Å²) in [5.41, 5.74) is -0.364. The number of carbonyl (C=O) groups excluding carboxylic acids is 1. The second-order valence-electron chi connectivity index (χ2n) is 5.45. The number of carbonyl (C=O) groups is 2. The van der Waals surface area contributed by atoms with Gasteiger partial charge >= 0.3 is 5.97 Å². The van der Waals surface area contributed by atoms with Crippen LogP contribution in [0.25, 0.3) is 0 Å². The van der Waals surface area contributed by atoms with Crippen LogP contribution in [-0.2, 0) is 4.79 Å². The topological polar surface area (TPSA) is 66.4 Å². The molecule has 5 heteroatoms. The fourth-order valence-corrected chi connectivity index (χ4v) is 2.82. The molecule has 0 heterocycles. The van der Waals surface area contributed by atoms with E-state index in [2.05, 4.69) is 5.32 Å². The average Bonchev–Trinajstić information content (AvgIpc) is 2.79. The van der Waals surface area contributed by atoms with Crippen LogP contribution in [0.15, 0.2) is 18.2 Å². The van der Waals surface area contributed by atoms with Crippen molar-refractivity contribution in [1.29, 1.82) is 0 Å². The van der Waals surface area contributed by atoms with Crippen LogP contribution in [0.1, 0.15) is 48.0 Å². The summed E-state index contributed by atoms with van der Waals surface area (Å²) in [5, 5.41) is 11.7. The normalized spacial score (nSPS) is 16.9. The molecular weight excluding hydrogens is 261 g/mol. The number of amides is 1. The maximum Gasteiger partial charge on any atom is 0.305 e. The second kappa shape index (κ2) is 5.61. The molecule has 1 amide bonds. The number of carboxylic acid groups (broad SMARTS) is 1. The highest BCUT2D eigenvalue weighted by Gasteiger charge is 2.38. The molecule has 108 valence electrons. The van der Waals surface area contributed by atoms with E-state index in [1.54, 1.807) is 19.1 Å². The summed E-state index contributed by atoms with van der Waals surface area (Å²) in [5.74, 6) is -2.03. The highest BCUT2D eigenvalue weighted by molar-refractivity contribution is 5.95. The van der Waals surface area contributed by atoms with Gasteiger partial charge in [-0.05, 0) is 31.4 Å². The van der Waals surface area contributed by atoms with Crippen molar-refractivity contribution in [2.75, 3.05) is 0 Å². The molecule has 4 nitrogen and oxygen atoms in total. The molecular formula is C15H18FNO3. The first-order valence-electron chi connectivity index (χ1n) is 6.73. The van der Waals surface area contributed by atoms with Crippen molar-refractivity contribution in [3.8, 4) is 0 Å². The van der Waals surface area contributed by atoms with Crippen molar-refractivity contribution in [2.45, 2.75) is 44.6 Å². The second-order valence-corrected chi connectivity index (χ2v) is 5.45. The zero-order chi connectivity index (χ0) is 14.8. The van der Waals surface area contributed by atoms with Crippen LogP contribution in [0.5, 0.6) is 0 Å². The molecule has 1 aliphatic carbocycles. The number of rotatable bonds is 4. The first-order valence-corrected chi connectivity index (χ1v) is 6.73. The molecule has 2 N–H and O–H groups in total. The van der Waals surface area contributed by atoms with Crippen molar-refractivity contribution in [1.82, 2.24) is 5.32 Å². The Kier molecular flexibility index (Phi) is 4.06. The standard InChI is InChI=1S/C15H18FNO3/c1-10-5-4-6-11(13(10)16)14(20)17-15(9-12(18)19)7-2-3-8-15/h4-6H,2-3,7-9H2,1H3,(H,17,20)(H,18,19). The summed E-state index contributed by atoms with van der Waals surface area (Å²) in [6.45, 7) is 1.59. The molecule has 0 bridgehead atoms. The summed E-state index contributed by atoms with van der Waals surface area (Å²) < 4.78 is 13.9. The molecule has 0 spiro atoms. The summed E-state index contributed by atoms with van der Waals surface area (Å²) in [7, 11) is 0. The quantitative estimate of drug-likeness (QED) is 0.890. The van der Waals surface area contributed by atoms with E-state index in [-0.39, 0.29) is 12.0 Å². The number of hydrogen-bond donors (Lipinski definition) is 2. The Hall–Kier alpha value is -1.91. The van der Waals surface area contributed by atoms with E-state index >= 15 is 0 Å². The zero-order valence-electron chi connectivity index (χ0n) is 11.4. The van der Waals surface area contributed by atoms with E-state index in [0.29, 0.717) is 18.4 Å². The third-order valence-electron chi connectivity index (χ3n) is 3.87. The molecule has 0 aliphatic heterocycles. The van der Waals surface area contributed by atoms with E-state index in [0.717, 1.165) is 12.8 Å². The molecule has 1 saturated carbocycles. The third kappa shape index (κ3) is 2.98. The van der Waals surface area contributed by atoms with Crippen LogP contribution < -0.4 is 5.32 Å². The van der Waals surface area contributed by atoms with Gasteiger partial charge in [0.2, 0.25) is 0 Å². The summed E-state index contributed by atoms with van der Waals surface area (Å²) in [4.78, 5) is 23.2. The molecule has 0 radical (unpaired) electrons. The summed E-state index contributed by atoms with van der Waals surface area (Å²) >= 11 is 0. The molecule has 1 fully saturated rings. The van der Waals surface area contributed by atoms with E-state index < -0.39 is 23.2 Å². The van der Waals surface area contributed by atoms with Crippen molar-refractivity contribution >= 4 is 11.9 Å². The van der Waals surface area contributed by atoms with E-state index in [4.69, 9.17) is 5.11 Å². The van der Waals surface area contributed by atoms with Crippen LogP contribution in [-0.4, -0.2) is 22.5 Å². The molecule has 0 atom stereocenters. The number of aliphatic carboxylic acids is 1. The predicted molar refractivity (Wildman–Crippen MR) is 72.1 cm³/mol. The minimum atomic E-state index is -0.947. The van der Waals surface area contributed by atoms with E-state index in [1.165, 1.54) is 6.07 Å². The molecule has 1 aromatic rings. The van der Waals surface area contributed by atoms with Gasteiger partial charge in [-0.25, -0.2) is 4.39 Å².